The number of carbonyl (C=O) groups is 1. The molecule has 1 aliphatic heterocycles. The Morgan fingerprint density at radius 1 is 1.15 bits per heavy atom. The molecule has 0 saturated carbocycles. The fourth-order valence-corrected chi connectivity index (χ4v) is 2.70. The molecular formula is C17H17NO2. The van der Waals surface area contributed by atoms with E-state index in [1.807, 2.05) is 47.4 Å². The van der Waals surface area contributed by atoms with Gasteiger partial charge in [-0.15, -0.1) is 0 Å². The molecule has 2 aromatic rings. The zero-order valence-corrected chi connectivity index (χ0v) is 11.5. The number of nitrogens with zero attached hydrogens (tertiary/aromatic N) is 1. The van der Waals surface area contributed by atoms with Crippen LogP contribution < -0.4 is 9.64 Å². The Morgan fingerprint density at radius 3 is 2.60 bits per heavy atom. The second kappa shape index (κ2) is 5.37. The third kappa shape index (κ3) is 2.39. The normalized spacial score (nSPS) is 17.2. The molecule has 3 heteroatoms. The van der Waals surface area contributed by atoms with Crippen molar-refractivity contribution in [1.82, 2.24) is 0 Å². The molecule has 0 bridgehead atoms. The fourth-order valence-electron chi connectivity index (χ4n) is 2.70. The molecule has 0 N–H and O–H groups in total. The molecule has 20 heavy (non-hydrogen) atoms. The summed E-state index contributed by atoms with van der Waals surface area (Å²) in [6, 6.07) is 18.0. The van der Waals surface area contributed by atoms with Crippen LogP contribution in [0.15, 0.2) is 54.6 Å². The highest BCUT2D eigenvalue weighted by Gasteiger charge is 2.30. The van der Waals surface area contributed by atoms with E-state index >= 15 is 0 Å². The number of rotatable bonds is 2. The maximum Gasteiger partial charge on any atom is 0.224 e. The van der Waals surface area contributed by atoms with Crippen molar-refractivity contribution in [3.8, 4) is 5.75 Å². The lowest BCUT2D eigenvalue weighted by Crippen LogP contribution is -2.47. The molecule has 0 spiro atoms. The van der Waals surface area contributed by atoms with Gasteiger partial charge in [-0.25, -0.2) is 0 Å². The molecule has 0 aromatic heterocycles. The van der Waals surface area contributed by atoms with Gasteiger partial charge in [0.15, 0.2) is 0 Å². The van der Waals surface area contributed by atoms with Crippen LogP contribution in [0.5, 0.6) is 5.75 Å². The van der Waals surface area contributed by atoms with Gasteiger partial charge >= 0.3 is 0 Å². The van der Waals surface area contributed by atoms with Crippen LogP contribution in [0.2, 0.25) is 0 Å². The first-order valence-corrected chi connectivity index (χ1v) is 6.81. The van der Waals surface area contributed by atoms with E-state index < -0.39 is 0 Å². The number of hydrogen-bond donors (Lipinski definition) is 0. The minimum absolute atomic E-state index is 0.0461. The van der Waals surface area contributed by atoms with E-state index in [0.29, 0.717) is 6.61 Å². The molecule has 1 heterocycles. The van der Waals surface area contributed by atoms with Crippen LogP contribution in [0, 0.1) is 0 Å². The Kier molecular flexibility index (Phi) is 3.42. The number of benzene rings is 2. The van der Waals surface area contributed by atoms with Crippen molar-refractivity contribution in [2.24, 2.45) is 0 Å². The number of ether oxygens (including phenoxy) is 1. The van der Waals surface area contributed by atoms with Crippen molar-refractivity contribution >= 4 is 11.6 Å². The third-order valence-corrected chi connectivity index (χ3v) is 3.57. The van der Waals surface area contributed by atoms with Crippen LogP contribution in [0.3, 0.4) is 0 Å². The second-order valence-electron chi connectivity index (χ2n) is 5.01. The topological polar surface area (TPSA) is 29.5 Å². The Hall–Kier alpha value is -2.29. The highest BCUT2D eigenvalue weighted by Crippen LogP contribution is 2.34. The van der Waals surface area contributed by atoms with Gasteiger partial charge in [0.1, 0.15) is 12.4 Å². The molecule has 1 atom stereocenters. The molecule has 3 rings (SSSR count). The van der Waals surface area contributed by atoms with E-state index in [2.05, 4.69) is 12.1 Å². The van der Waals surface area contributed by atoms with Crippen molar-refractivity contribution in [2.45, 2.75) is 19.4 Å². The van der Waals surface area contributed by atoms with Gasteiger partial charge in [-0.1, -0.05) is 42.5 Å². The molecule has 1 amide bonds. The first-order chi connectivity index (χ1) is 9.75. The third-order valence-electron chi connectivity index (χ3n) is 3.57. The van der Waals surface area contributed by atoms with Crippen LogP contribution >= 0.6 is 0 Å². The predicted octanol–water partition coefficient (Wildman–Crippen LogP) is 3.04. The Morgan fingerprint density at radius 2 is 1.85 bits per heavy atom. The summed E-state index contributed by atoms with van der Waals surface area (Å²) in [5.74, 6) is 0.841. The molecule has 0 saturated heterocycles. The predicted molar refractivity (Wildman–Crippen MR) is 79.0 cm³/mol. The molecule has 0 unspecified atom stereocenters. The van der Waals surface area contributed by atoms with E-state index in [9.17, 15) is 4.79 Å². The number of carbonyl (C=O) groups excluding carboxylic acids is 1. The van der Waals surface area contributed by atoms with Crippen molar-refractivity contribution in [1.29, 1.82) is 0 Å². The fraction of sp³-hybridized carbons (Fsp3) is 0.235. The Bertz CT molecular complexity index is 609. The number of para-hydroxylation sites is 2. The second-order valence-corrected chi connectivity index (χ2v) is 5.01. The van der Waals surface area contributed by atoms with E-state index in [-0.39, 0.29) is 11.9 Å². The lowest BCUT2D eigenvalue weighted by molar-refractivity contribution is -0.117. The van der Waals surface area contributed by atoms with E-state index in [1.54, 1.807) is 6.92 Å². The van der Waals surface area contributed by atoms with E-state index in [4.69, 9.17) is 4.74 Å². The summed E-state index contributed by atoms with van der Waals surface area (Å²) in [5.41, 5.74) is 2.08. The van der Waals surface area contributed by atoms with Crippen molar-refractivity contribution in [3.05, 3.63) is 60.2 Å². The van der Waals surface area contributed by atoms with Gasteiger partial charge in [0.25, 0.3) is 0 Å². The summed E-state index contributed by atoms with van der Waals surface area (Å²) < 4.78 is 5.79. The lowest BCUT2D eigenvalue weighted by atomic mass is 10.0. The van der Waals surface area contributed by atoms with Gasteiger partial charge in [-0.05, 0) is 24.1 Å². The molecule has 0 aliphatic carbocycles. The van der Waals surface area contributed by atoms with Gasteiger partial charge in [-0.3, -0.25) is 4.79 Å². The average molecular weight is 267 g/mol. The molecule has 102 valence electrons. The summed E-state index contributed by atoms with van der Waals surface area (Å²) in [5, 5.41) is 0. The largest absolute Gasteiger partial charge is 0.489 e. The van der Waals surface area contributed by atoms with Crippen LogP contribution in [-0.2, 0) is 11.2 Å². The molecule has 3 nitrogen and oxygen atoms in total. The quantitative estimate of drug-likeness (QED) is 0.837. The maximum atomic E-state index is 12.0. The summed E-state index contributed by atoms with van der Waals surface area (Å²) in [7, 11) is 0. The van der Waals surface area contributed by atoms with Crippen LogP contribution in [0.25, 0.3) is 0 Å². The molecule has 2 aromatic carbocycles. The maximum absolute atomic E-state index is 12.0. The van der Waals surface area contributed by atoms with Gasteiger partial charge in [0.05, 0.1) is 11.7 Å². The number of anilines is 1. The highest BCUT2D eigenvalue weighted by atomic mass is 16.5. The first kappa shape index (κ1) is 12.7. The number of amides is 1. The van der Waals surface area contributed by atoms with Gasteiger partial charge in [0, 0.05) is 6.92 Å². The van der Waals surface area contributed by atoms with Gasteiger partial charge < -0.3 is 9.64 Å². The number of fused-ring (bicyclic) bond motifs is 1. The zero-order chi connectivity index (χ0) is 13.9. The van der Waals surface area contributed by atoms with Gasteiger partial charge in [-0.2, -0.15) is 0 Å². The molecule has 0 fully saturated rings. The summed E-state index contributed by atoms with van der Waals surface area (Å²) in [6.45, 7) is 2.14. The van der Waals surface area contributed by atoms with Crippen LogP contribution in [-0.4, -0.2) is 18.6 Å². The highest BCUT2D eigenvalue weighted by molar-refractivity contribution is 5.94. The minimum Gasteiger partial charge on any atom is -0.489 e. The van der Waals surface area contributed by atoms with E-state index in [1.165, 1.54) is 5.56 Å². The van der Waals surface area contributed by atoms with Crippen molar-refractivity contribution < 1.29 is 9.53 Å². The Labute approximate surface area is 118 Å². The summed E-state index contributed by atoms with van der Waals surface area (Å²) in [4.78, 5) is 13.9. The van der Waals surface area contributed by atoms with Crippen molar-refractivity contribution in [2.75, 3.05) is 11.5 Å². The average Bonchev–Trinajstić information content (AvgIpc) is 2.47. The first-order valence-electron chi connectivity index (χ1n) is 6.81. The van der Waals surface area contributed by atoms with E-state index in [0.717, 1.165) is 17.9 Å². The molecule has 1 aliphatic rings. The SMILES string of the molecule is CC(=O)N1c2ccccc2OC[C@H]1Cc1ccccc1. The smallest absolute Gasteiger partial charge is 0.224 e. The summed E-state index contributed by atoms with van der Waals surface area (Å²) in [6.07, 6.45) is 0.800. The van der Waals surface area contributed by atoms with Crippen molar-refractivity contribution in [3.63, 3.8) is 0 Å². The Balaban J connectivity index is 1.91. The van der Waals surface area contributed by atoms with Crippen LogP contribution in [0.4, 0.5) is 5.69 Å². The standard InChI is InChI=1S/C17H17NO2/c1-13(19)18-15(11-14-7-3-2-4-8-14)12-20-17-10-6-5-9-16(17)18/h2-10,15H,11-12H2,1H3/t15-/m1/s1. The lowest BCUT2D eigenvalue weighted by Gasteiger charge is -2.36. The number of hydrogen-bond acceptors (Lipinski definition) is 2. The minimum atomic E-state index is 0.0461. The molecule has 0 radical (unpaired) electrons. The monoisotopic (exact) mass is 267 g/mol. The zero-order valence-electron chi connectivity index (χ0n) is 11.5. The van der Waals surface area contributed by atoms with Gasteiger partial charge in [0.2, 0.25) is 5.91 Å². The van der Waals surface area contributed by atoms with Crippen LogP contribution in [0.1, 0.15) is 12.5 Å². The summed E-state index contributed by atoms with van der Waals surface area (Å²) >= 11 is 0. The molecular weight excluding hydrogens is 250 g/mol.